The van der Waals surface area contributed by atoms with E-state index in [0.29, 0.717) is 18.1 Å². The van der Waals surface area contributed by atoms with Crippen molar-refractivity contribution >= 4 is 12.1 Å². The summed E-state index contributed by atoms with van der Waals surface area (Å²) >= 11 is 0. The second-order valence-corrected chi connectivity index (χ2v) is 6.40. The van der Waals surface area contributed by atoms with Gasteiger partial charge in [-0.15, -0.1) is 0 Å². The van der Waals surface area contributed by atoms with E-state index in [1.807, 2.05) is 37.3 Å². The molecule has 0 saturated heterocycles. The van der Waals surface area contributed by atoms with Crippen molar-refractivity contribution in [2.45, 2.75) is 13.5 Å². The SMILES string of the molecule is COc1cc(/C=N\NC(=O)c2ccccc2O)ccc1OCc1ccc(C)cc1. The number of ether oxygens (including phenoxy) is 2. The Hall–Kier alpha value is -3.80. The Morgan fingerprint density at radius 1 is 1.07 bits per heavy atom. The van der Waals surface area contributed by atoms with Crippen LogP contribution in [-0.4, -0.2) is 24.3 Å². The number of rotatable bonds is 7. The van der Waals surface area contributed by atoms with Gasteiger partial charge in [0.1, 0.15) is 12.4 Å². The van der Waals surface area contributed by atoms with Gasteiger partial charge in [0, 0.05) is 0 Å². The van der Waals surface area contributed by atoms with E-state index in [1.165, 1.54) is 23.9 Å². The molecule has 0 atom stereocenters. The monoisotopic (exact) mass is 390 g/mol. The highest BCUT2D eigenvalue weighted by Crippen LogP contribution is 2.28. The Morgan fingerprint density at radius 2 is 1.83 bits per heavy atom. The highest BCUT2D eigenvalue weighted by molar-refractivity contribution is 5.97. The number of hydrogen-bond acceptors (Lipinski definition) is 5. The van der Waals surface area contributed by atoms with Crippen LogP contribution in [0.15, 0.2) is 71.8 Å². The zero-order chi connectivity index (χ0) is 20.6. The Kier molecular flexibility index (Phi) is 6.47. The Bertz CT molecular complexity index is 1010. The molecule has 2 N–H and O–H groups in total. The molecule has 3 rings (SSSR count). The number of hydrogen-bond donors (Lipinski definition) is 2. The molecule has 6 heteroatoms. The molecule has 3 aromatic carbocycles. The van der Waals surface area contributed by atoms with Crippen LogP contribution in [0.1, 0.15) is 27.0 Å². The van der Waals surface area contributed by atoms with E-state index in [2.05, 4.69) is 10.5 Å². The van der Waals surface area contributed by atoms with Crippen LogP contribution in [0.5, 0.6) is 17.2 Å². The van der Waals surface area contributed by atoms with Gasteiger partial charge in [-0.05, 0) is 48.4 Å². The molecular weight excluding hydrogens is 368 g/mol. The van der Waals surface area contributed by atoms with E-state index in [9.17, 15) is 9.90 Å². The summed E-state index contributed by atoms with van der Waals surface area (Å²) in [4.78, 5) is 12.0. The van der Waals surface area contributed by atoms with Gasteiger partial charge in [0.15, 0.2) is 11.5 Å². The number of phenols is 1. The summed E-state index contributed by atoms with van der Waals surface area (Å²) in [5.41, 5.74) is 5.53. The van der Waals surface area contributed by atoms with E-state index < -0.39 is 5.91 Å². The van der Waals surface area contributed by atoms with Gasteiger partial charge in [-0.2, -0.15) is 5.10 Å². The first-order valence-corrected chi connectivity index (χ1v) is 9.04. The molecular formula is C23H22N2O4. The van der Waals surface area contributed by atoms with Gasteiger partial charge in [-0.3, -0.25) is 4.79 Å². The molecule has 0 spiro atoms. The highest BCUT2D eigenvalue weighted by atomic mass is 16.5. The van der Waals surface area contributed by atoms with Crippen molar-refractivity contribution in [2.75, 3.05) is 7.11 Å². The molecule has 0 radical (unpaired) electrons. The van der Waals surface area contributed by atoms with Crippen LogP contribution in [0.25, 0.3) is 0 Å². The predicted molar refractivity (Wildman–Crippen MR) is 112 cm³/mol. The number of amides is 1. The predicted octanol–water partition coefficient (Wildman–Crippen LogP) is 4.05. The number of nitrogens with one attached hydrogen (secondary N) is 1. The Labute approximate surface area is 169 Å². The lowest BCUT2D eigenvalue weighted by molar-refractivity contribution is 0.0952. The molecule has 148 valence electrons. The fourth-order valence-corrected chi connectivity index (χ4v) is 2.62. The third-order valence-corrected chi connectivity index (χ3v) is 4.23. The van der Waals surface area contributed by atoms with Gasteiger partial charge < -0.3 is 14.6 Å². The largest absolute Gasteiger partial charge is 0.507 e. The van der Waals surface area contributed by atoms with E-state index in [1.54, 1.807) is 31.4 Å². The molecule has 0 aliphatic rings. The van der Waals surface area contributed by atoms with Crippen molar-refractivity contribution in [2.24, 2.45) is 5.10 Å². The van der Waals surface area contributed by atoms with Gasteiger partial charge >= 0.3 is 0 Å². The van der Waals surface area contributed by atoms with Gasteiger partial charge in [-0.25, -0.2) is 5.43 Å². The number of nitrogens with zero attached hydrogens (tertiary/aromatic N) is 1. The minimum absolute atomic E-state index is 0.100. The van der Waals surface area contributed by atoms with Gasteiger partial charge in [0.05, 0.1) is 18.9 Å². The standard InChI is InChI=1S/C23H22N2O4/c1-16-7-9-17(10-8-16)15-29-21-12-11-18(13-22(21)28-2)14-24-25-23(27)19-5-3-4-6-20(19)26/h3-14,26H,15H2,1-2H3,(H,25,27)/b24-14-. The molecule has 0 aliphatic carbocycles. The maximum absolute atomic E-state index is 12.0. The van der Waals surface area contributed by atoms with E-state index in [0.717, 1.165) is 11.1 Å². The van der Waals surface area contributed by atoms with Crippen LogP contribution in [0.3, 0.4) is 0 Å². The average Bonchev–Trinajstić information content (AvgIpc) is 2.74. The Balaban J connectivity index is 1.63. The summed E-state index contributed by atoms with van der Waals surface area (Å²) < 4.78 is 11.3. The topological polar surface area (TPSA) is 80.2 Å². The molecule has 0 fully saturated rings. The van der Waals surface area contributed by atoms with Crippen molar-refractivity contribution < 1.29 is 19.4 Å². The number of methoxy groups -OCH3 is 1. The summed E-state index contributed by atoms with van der Waals surface area (Å²) in [7, 11) is 1.56. The molecule has 0 aliphatic heterocycles. The fraction of sp³-hybridized carbons (Fsp3) is 0.130. The summed E-state index contributed by atoms with van der Waals surface area (Å²) in [6.07, 6.45) is 1.49. The zero-order valence-corrected chi connectivity index (χ0v) is 16.3. The number of benzene rings is 3. The van der Waals surface area contributed by atoms with Crippen molar-refractivity contribution in [3.05, 3.63) is 89.0 Å². The Morgan fingerprint density at radius 3 is 2.55 bits per heavy atom. The van der Waals surface area contributed by atoms with Crippen molar-refractivity contribution in [3.63, 3.8) is 0 Å². The van der Waals surface area contributed by atoms with Crippen LogP contribution < -0.4 is 14.9 Å². The minimum Gasteiger partial charge on any atom is -0.507 e. The van der Waals surface area contributed by atoms with E-state index in [-0.39, 0.29) is 11.3 Å². The second-order valence-electron chi connectivity index (χ2n) is 6.40. The van der Waals surface area contributed by atoms with Crippen LogP contribution in [0.2, 0.25) is 0 Å². The molecule has 0 unspecified atom stereocenters. The zero-order valence-electron chi connectivity index (χ0n) is 16.3. The van der Waals surface area contributed by atoms with Crippen LogP contribution in [-0.2, 0) is 6.61 Å². The summed E-state index contributed by atoms with van der Waals surface area (Å²) in [6, 6.07) is 19.8. The van der Waals surface area contributed by atoms with Crippen molar-refractivity contribution in [3.8, 4) is 17.2 Å². The number of carbonyl (C=O) groups excluding carboxylic acids is 1. The summed E-state index contributed by atoms with van der Waals surface area (Å²) in [5.74, 6) is 0.581. The molecule has 1 amide bonds. The third kappa shape index (κ3) is 5.35. The molecule has 3 aromatic rings. The van der Waals surface area contributed by atoms with Crippen LogP contribution in [0, 0.1) is 6.92 Å². The number of carbonyl (C=O) groups is 1. The molecule has 0 heterocycles. The average molecular weight is 390 g/mol. The summed E-state index contributed by atoms with van der Waals surface area (Å²) in [6.45, 7) is 2.47. The van der Waals surface area contributed by atoms with Crippen LogP contribution >= 0.6 is 0 Å². The maximum Gasteiger partial charge on any atom is 0.275 e. The van der Waals surface area contributed by atoms with Gasteiger partial charge in [0.25, 0.3) is 5.91 Å². The number of phenolic OH excluding ortho intramolecular Hbond substituents is 1. The fourth-order valence-electron chi connectivity index (χ4n) is 2.62. The number of hydrazone groups is 1. The highest BCUT2D eigenvalue weighted by Gasteiger charge is 2.09. The molecule has 0 saturated carbocycles. The van der Waals surface area contributed by atoms with E-state index >= 15 is 0 Å². The lowest BCUT2D eigenvalue weighted by Gasteiger charge is -2.11. The molecule has 0 bridgehead atoms. The first-order chi connectivity index (χ1) is 14.1. The first kappa shape index (κ1) is 19.9. The third-order valence-electron chi connectivity index (χ3n) is 4.23. The van der Waals surface area contributed by atoms with Gasteiger partial charge in [0.2, 0.25) is 0 Å². The lowest BCUT2D eigenvalue weighted by Crippen LogP contribution is -2.17. The van der Waals surface area contributed by atoms with Crippen molar-refractivity contribution in [1.82, 2.24) is 5.43 Å². The molecule has 6 nitrogen and oxygen atoms in total. The quantitative estimate of drug-likeness (QED) is 0.471. The minimum atomic E-state index is -0.496. The van der Waals surface area contributed by atoms with E-state index in [4.69, 9.17) is 9.47 Å². The number of para-hydroxylation sites is 1. The smallest absolute Gasteiger partial charge is 0.275 e. The normalized spacial score (nSPS) is 10.7. The van der Waals surface area contributed by atoms with Gasteiger partial charge in [-0.1, -0.05) is 42.0 Å². The second kappa shape index (κ2) is 9.41. The first-order valence-electron chi connectivity index (χ1n) is 9.04. The maximum atomic E-state index is 12.0. The van der Waals surface area contributed by atoms with Crippen molar-refractivity contribution in [1.29, 1.82) is 0 Å². The number of aryl methyl sites for hydroxylation is 1. The molecule has 0 aromatic heterocycles. The lowest BCUT2D eigenvalue weighted by atomic mass is 10.2. The van der Waals surface area contributed by atoms with Crippen LogP contribution in [0.4, 0.5) is 0 Å². The molecule has 29 heavy (non-hydrogen) atoms. The number of aromatic hydroxyl groups is 1. The summed E-state index contributed by atoms with van der Waals surface area (Å²) in [5, 5.41) is 13.6.